The van der Waals surface area contributed by atoms with Crippen molar-refractivity contribution in [2.45, 2.75) is 36.6 Å². The number of thioether (sulfide) groups is 1. The molecule has 1 aromatic heterocycles. The minimum atomic E-state index is -0.477. The third-order valence-corrected chi connectivity index (χ3v) is 7.46. The van der Waals surface area contributed by atoms with Gasteiger partial charge in [0.05, 0.1) is 18.1 Å². The van der Waals surface area contributed by atoms with Crippen LogP contribution in [0.3, 0.4) is 0 Å². The summed E-state index contributed by atoms with van der Waals surface area (Å²) in [5.74, 6) is 0.990. The lowest BCUT2D eigenvalue weighted by molar-refractivity contribution is -0.384. The summed E-state index contributed by atoms with van der Waals surface area (Å²) in [4.78, 5) is 25.2. The molecule has 2 saturated heterocycles. The minimum Gasteiger partial charge on any atom is -0.347 e. The molecule has 2 aliphatic rings. The second kappa shape index (κ2) is 10.8. The average Bonchev–Trinajstić information content (AvgIpc) is 3.55. The Morgan fingerprint density at radius 1 is 1.03 bits per heavy atom. The molecular weight excluding hydrogens is 482 g/mol. The van der Waals surface area contributed by atoms with Crippen LogP contribution in [-0.4, -0.2) is 68.3 Å². The van der Waals surface area contributed by atoms with Crippen LogP contribution in [0.4, 0.5) is 5.69 Å². The van der Waals surface area contributed by atoms with Gasteiger partial charge >= 0.3 is 0 Å². The van der Waals surface area contributed by atoms with Crippen LogP contribution in [0.25, 0.3) is 17.1 Å². The molecule has 0 saturated carbocycles. The predicted molar refractivity (Wildman–Crippen MR) is 134 cm³/mol. The first kappa shape index (κ1) is 24.4. The van der Waals surface area contributed by atoms with E-state index in [9.17, 15) is 14.9 Å². The number of nitro groups is 1. The lowest BCUT2D eigenvalue weighted by Gasteiger charge is -2.37. The molecule has 0 atom stereocenters. The van der Waals surface area contributed by atoms with Crippen molar-refractivity contribution in [3.05, 3.63) is 64.7 Å². The smallest absolute Gasteiger partial charge is 0.269 e. The molecule has 0 radical (unpaired) electrons. The Balaban J connectivity index is 1.22. The first-order valence-electron chi connectivity index (χ1n) is 12.0. The van der Waals surface area contributed by atoms with Crippen molar-refractivity contribution in [3.8, 4) is 17.1 Å². The maximum Gasteiger partial charge on any atom is 0.269 e. The van der Waals surface area contributed by atoms with Crippen LogP contribution < -0.4 is 0 Å². The molecule has 10 nitrogen and oxygen atoms in total. The Morgan fingerprint density at radius 2 is 1.72 bits per heavy atom. The number of hydrogen-bond donors (Lipinski definition) is 0. The summed E-state index contributed by atoms with van der Waals surface area (Å²) in [5.41, 5.74) is 1.65. The first-order chi connectivity index (χ1) is 17.5. The van der Waals surface area contributed by atoms with E-state index in [0.29, 0.717) is 55.9 Å². The van der Waals surface area contributed by atoms with Crippen LogP contribution in [0.5, 0.6) is 0 Å². The molecule has 0 bridgehead atoms. The maximum atomic E-state index is 12.7. The molecule has 2 aliphatic heterocycles. The number of benzene rings is 2. The number of ether oxygens (including phenoxy) is 2. The van der Waals surface area contributed by atoms with Gasteiger partial charge in [0.2, 0.25) is 5.91 Å². The molecule has 1 amide bonds. The highest BCUT2D eigenvalue weighted by Gasteiger charge is 2.40. The fourth-order valence-corrected chi connectivity index (χ4v) is 5.41. The average molecular weight is 510 g/mol. The van der Waals surface area contributed by atoms with Gasteiger partial charge in [0.1, 0.15) is 0 Å². The number of para-hydroxylation sites is 1. The van der Waals surface area contributed by atoms with Crippen LogP contribution in [0.15, 0.2) is 59.8 Å². The van der Waals surface area contributed by atoms with Crippen molar-refractivity contribution < 1.29 is 19.2 Å². The van der Waals surface area contributed by atoms with E-state index < -0.39 is 10.7 Å². The Morgan fingerprint density at radius 3 is 2.39 bits per heavy atom. The van der Waals surface area contributed by atoms with Gasteiger partial charge in [-0.15, -0.1) is 10.2 Å². The number of piperidine rings is 1. The van der Waals surface area contributed by atoms with Crippen molar-refractivity contribution in [2.75, 3.05) is 32.1 Å². The molecule has 3 aromatic rings. The zero-order valence-electron chi connectivity index (χ0n) is 19.7. The highest BCUT2D eigenvalue weighted by atomic mass is 32.2. The number of amides is 1. The van der Waals surface area contributed by atoms with Crippen LogP contribution in [0, 0.1) is 10.1 Å². The highest BCUT2D eigenvalue weighted by Crippen LogP contribution is 2.32. The molecule has 11 heteroatoms. The summed E-state index contributed by atoms with van der Waals surface area (Å²) in [6.07, 6.45) is 2.63. The number of carbonyl (C=O) groups excluding carboxylic acids is 1. The predicted octanol–water partition coefficient (Wildman–Crippen LogP) is 4.08. The number of likely N-dealkylation sites (tertiary alicyclic amines) is 1. The van der Waals surface area contributed by atoms with Crippen molar-refractivity contribution in [2.24, 2.45) is 0 Å². The summed E-state index contributed by atoms with van der Waals surface area (Å²) >= 11 is 1.54. The highest BCUT2D eigenvalue weighted by molar-refractivity contribution is 7.99. The van der Waals surface area contributed by atoms with E-state index in [-0.39, 0.29) is 11.6 Å². The number of rotatable bonds is 8. The largest absolute Gasteiger partial charge is 0.347 e. The Labute approximate surface area is 212 Å². The summed E-state index contributed by atoms with van der Waals surface area (Å²) in [6, 6.07) is 16.0. The van der Waals surface area contributed by atoms with E-state index in [0.717, 1.165) is 24.1 Å². The number of nitro benzene ring substituents is 1. The minimum absolute atomic E-state index is 0.0240. The standard InChI is InChI=1S/C25H27N5O5S/c31-22(28-14-12-25(13-15-28)34-16-17-35-25)7-4-18-36-24-27-26-23(29(24)20-5-2-1-3-6-20)19-8-10-21(11-9-19)30(32)33/h1-3,5-6,8-11H,4,7,12-18H2. The Hall–Kier alpha value is -3.28. The third-order valence-electron chi connectivity index (χ3n) is 6.44. The number of nitrogens with zero attached hydrogens (tertiary/aromatic N) is 5. The first-order valence-corrected chi connectivity index (χ1v) is 13.0. The maximum absolute atomic E-state index is 12.7. The molecule has 2 fully saturated rings. The van der Waals surface area contributed by atoms with E-state index in [1.54, 1.807) is 12.1 Å². The lowest BCUT2D eigenvalue weighted by Crippen LogP contribution is -2.47. The number of carbonyl (C=O) groups is 1. The zero-order valence-corrected chi connectivity index (χ0v) is 20.6. The van der Waals surface area contributed by atoms with Crippen LogP contribution in [-0.2, 0) is 14.3 Å². The Kier molecular flexibility index (Phi) is 7.30. The molecule has 3 heterocycles. The molecule has 188 valence electrons. The van der Waals surface area contributed by atoms with Crippen molar-refractivity contribution in [3.63, 3.8) is 0 Å². The van der Waals surface area contributed by atoms with Gasteiger partial charge in [-0.25, -0.2) is 0 Å². The van der Waals surface area contributed by atoms with Crippen molar-refractivity contribution in [1.82, 2.24) is 19.7 Å². The van der Waals surface area contributed by atoms with Crippen molar-refractivity contribution >= 4 is 23.4 Å². The van der Waals surface area contributed by atoms with Crippen LogP contribution in [0.1, 0.15) is 25.7 Å². The van der Waals surface area contributed by atoms with Crippen LogP contribution in [0.2, 0.25) is 0 Å². The van der Waals surface area contributed by atoms with E-state index in [1.165, 1.54) is 23.9 Å². The summed E-state index contributed by atoms with van der Waals surface area (Å²) < 4.78 is 13.4. The third kappa shape index (κ3) is 5.28. The Bertz CT molecular complexity index is 1200. The van der Waals surface area contributed by atoms with Gasteiger partial charge in [-0.05, 0) is 30.7 Å². The summed E-state index contributed by atoms with van der Waals surface area (Å²) in [5, 5.41) is 20.5. The van der Waals surface area contributed by atoms with E-state index in [4.69, 9.17) is 9.47 Å². The topological polar surface area (TPSA) is 113 Å². The molecule has 5 rings (SSSR count). The molecule has 0 unspecified atom stereocenters. The van der Waals surface area contributed by atoms with Gasteiger partial charge in [0.15, 0.2) is 16.8 Å². The lowest BCUT2D eigenvalue weighted by atomic mass is 10.0. The quantitative estimate of drug-likeness (QED) is 0.193. The SMILES string of the molecule is O=C(CCCSc1nnc(-c2ccc([N+](=O)[O-])cc2)n1-c1ccccc1)N1CCC2(CC1)OCCO2. The second-order valence-electron chi connectivity index (χ2n) is 8.72. The zero-order chi connectivity index (χ0) is 25.0. The fourth-order valence-electron chi connectivity index (χ4n) is 4.52. The van der Waals surface area contributed by atoms with Gasteiger partial charge in [-0.2, -0.15) is 0 Å². The van der Waals surface area contributed by atoms with Gasteiger partial charge in [-0.1, -0.05) is 30.0 Å². The number of hydrogen-bond acceptors (Lipinski definition) is 8. The summed E-state index contributed by atoms with van der Waals surface area (Å²) in [6.45, 7) is 2.58. The molecule has 0 N–H and O–H groups in total. The normalized spacial score (nSPS) is 16.9. The molecule has 36 heavy (non-hydrogen) atoms. The second-order valence-corrected chi connectivity index (χ2v) is 9.78. The van der Waals surface area contributed by atoms with Gasteiger partial charge in [-0.3, -0.25) is 19.5 Å². The number of aromatic nitrogens is 3. The number of non-ortho nitro benzene ring substituents is 1. The van der Waals surface area contributed by atoms with Crippen LogP contribution >= 0.6 is 11.8 Å². The molecule has 0 aliphatic carbocycles. The molecule has 2 aromatic carbocycles. The van der Waals surface area contributed by atoms with Gasteiger partial charge in [0.25, 0.3) is 5.69 Å². The van der Waals surface area contributed by atoms with E-state index in [1.807, 2.05) is 39.8 Å². The van der Waals surface area contributed by atoms with Crippen molar-refractivity contribution in [1.29, 1.82) is 0 Å². The molecule has 1 spiro atoms. The fraction of sp³-hybridized carbons (Fsp3) is 0.400. The molecular formula is C25H27N5O5S. The van der Waals surface area contributed by atoms with E-state index >= 15 is 0 Å². The van der Waals surface area contributed by atoms with E-state index in [2.05, 4.69) is 10.2 Å². The van der Waals surface area contributed by atoms with Gasteiger partial charge < -0.3 is 14.4 Å². The summed E-state index contributed by atoms with van der Waals surface area (Å²) in [7, 11) is 0. The van der Waals surface area contributed by atoms with Gasteiger partial charge in [0, 0.05) is 61.5 Å². The monoisotopic (exact) mass is 509 g/mol.